The maximum absolute atomic E-state index is 12.1. The van der Waals surface area contributed by atoms with Crippen molar-refractivity contribution in [1.82, 2.24) is 4.72 Å². The van der Waals surface area contributed by atoms with Gasteiger partial charge in [0.05, 0.1) is 4.90 Å². The number of rotatable bonds is 4. The van der Waals surface area contributed by atoms with Gasteiger partial charge in [0.1, 0.15) is 0 Å². The van der Waals surface area contributed by atoms with E-state index in [0.29, 0.717) is 4.90 Å². The Bertz CT molecular complexity index is 464. The predicted molar refractivity (Wildman–Crippen MR) is 71.7 cm³/mol. The third kappa shape index (κ3) is 3.30. The fourth-order valence-electron chi connectivity index (χ4n) is 2.09. The maximum Gasteiger partial charge on any atom is 0.240 e. The van der Waals surface area contributed by atoms with Crippen LogP contribution in [0.4, 0.5) is 0 Å². The summed E-state index contributed by atoms with van der Waals surface area (Å²) in [5, 5.41) is 0.739. The van der Waals surface area contributed by atoms with Crippen molar-refractivity contribution in [1.29, 1.82) is 0 Å². The van der Waals surface area contributed by atoms with E-state index in [1.54, 1.807) is 12.1 Å². The van der Waals surface area contributed by atoms with E-state index in [1.165, 1.54) is 0 Å². The van der Waals surface area contributed by atoms with Gasteiger partial charge in [0.15, 0.2) is 0 Å². The van der Waals surface area contributed by atoms with Crippen molar-refractivity contribution in [2.24, 2.45) is 0 Å². The lowest BCUT2D eigenvalue weighted by Gasteiger charge is -2.12. The SMILES string of the molecule is O=S(=O)(NC1CCCC1)c1ccc(CBr)cc1. The zero-order valence-electron chi connectivity index (χ0n) is 9.52. The zero-order valence-corrected chi connectivity index (χ0v) is 11.9. The predicted octanol–water partition coefficient (Wildman–Crippen LogP) is 2.80. The Balaban J connectivity index is 2.12. The van der Waals surface area contributed by atoms with Crippen molar-refractivity contribution < 1.29 is 8.42 Å². The summed E-state index contributed by atoms with van der Waals surface area (Å²) >= 11 is 3.34. The van der Waals surface area contributed by atoms with Crippen molar-refractivity contribution >= 4 is 26.0 Å². The molecule has 0 aromatic heterocycles. The molecule has 0 atom stereocenters. The molecule has 0 bridgehead atoms. The first-order valence-electron chi connectivity index (χ1n) is 5.79. The molecule has 5 heteroatoms. The van der Waals surface area contributed by atoms with Crippen molar-refractivity contribution in [3.8, 4) is 0 Å². The Labute approximate surface area is 111 Å². The molecule has 0 aliphatic heterocycles. The lowest BCUT2D eigenvalue weighted by atomic mass is 10.2. The van der Waals surface area contributed by atoms with Crippen LogP contribution in [-0.2, 0) is 15.4 Å². The molecular weight excluding hydrogens is 302 g/mol. The summed E-state index contributed by atoms with van der Waals surface area (Å²) in [5.41, 5.74) is 1.07. The number of hydrogen-bond acceptors (Lipinski definition) is 2. The molecule has 1 aliphatic rings. The lowest BCUT2D eigenvalue weighted by molar-refractivity contribution is 0.552. The molecule has 17 heavy (non-hydrogen) atoms. The van der Waals surface area contributed by atoms with Crippen LogP contribution in [-0.4, -0.2) is 14.5 Å². The van der Waals surface area contributed by atoms with E-state index in [2.05, 4.69) is 20.7 Å². The average Bonchev–Trinajstić information content (AvgIpc) is 2.81. The highest BCUT2D eigenvalue weighted by Gasteiger charge is 2.22. The fourth-order valence-corrected chi connectivity index (χ4v) is 3.77. The molecule has 3 nitrogen and oxygen atoms in total. The molecule has 0 spiro atoms. The van der Waals surface area contributed by atoms with Gasteiger partial charge in [-0.25, -0.2) is 13.1 Å². The van der Waals surface area contributed by atoms with Crippen LogP contribution in [0.5, 0.6) is 0 Å². The molecule has 1 fully saturated rings. The number of sulfonamides is 1. The molecule has 2 rings (SSSR count). The smallest absolute Gasteiger partial charge is 0.208 e. The number of halogens is 1. The highest BCUT2D eigenvalue weighted by Crippen LogP contribution is 2.20. The molecular formula is C12H16BrNO2S. The van der Waals surface area contributed by atoms with Gasteiger partial charge in [-0.15, -0.1) is 0 Å². The van der Waals surface area contributed by atoms with Crippen molar-refractivity contribution in [3.05, 3.63) is 29.8 Å². The molecule has 94 valence electrons. The summed E-state index contributed by atoms with van der Waals surface area (Å²) in [6.45, 7) is 0. The van der Waals surface area contributed by atoms with Gasteiger partial charge in [0.25, 0.3) is 0 Å². The van der Waals surface area contributed by atoms with E-state index in [0.717, 1.165) is 36.6 Å². The summed E-state index contributed by atoms with van der Waals surface area (Å²) in [7, 11) is -3.33. The first-order chi connectivity index (χ1) is 8.12. The fraction of sp³-hybridized carbons (Fsp3) is 0.500. The third-order valence-electron chi connectivity index (χ3n) is 3.06. The second-order valence-electron chi connectivity index (χ2n) is 4.38. The van der Waals surface area contributed by atoms with Gasteiger partial charge >= 0.3 is 0 Å². The van der Waals surface area contributed by atoms with Crippen LogP contribution in [0.3, 0.4) is 0 Å². The number of hydrogen-bond donors (Lipinski definition) is 1. The van der Waals surface area contributed by atoms with Crippen LogP contribution in [0.25, 0.3) is 0 Å². The number of alkyl halides is 1. The van der Waals surface area contributed by atoms with Crippen molar-refractivity contribution in [2.45, 2.75) is 42.0 Å². The molecule has 1 N–H and O–H groups in total. The summed E-state index contributed by atoms with van der Waals surface area (Å²) in [5.74, 6) is 0. The highest BCUT2D eigenvalue weighted by molar-refractivity contribution is 9.08. The van der Waals surface area contributed by atoms with Crippen LogP contribution in [0.1, 0.15) is 31.2 Å². The number of nitrogens with one attached hydrogen (secondary N) is 1. The molecule has 0 radical (unpaired) electrons. The quantitative estimate of drug-likeness (QED) is 0.868. The second kappa shape index (κ2) is 5.50. The van der Waals surface area contributed by atoms with Crippen LogP contribution in [0.2, 0.25) is 0 Å². The van der Waals surface area contributed by atoms with Gasteiger partial charge in [-0.2, -0.15) is 0 Å². The summed E-state index contributed by atoms with van der Waals surface area (Å²) in [6.07, 6.45) is 4.16. The van der Waals surface area contributed by atoms with Crippen molar-refractivity contribution in [3.63, 3.8) is 0 Å². The largest absolute Gasteiger partial charge is 0.240 e. The first-order valence-corrected chi connectivity index (χ1v) is 8.39. The Kier molecular flexibility index (Phi) is 4.22. The minimum Gasteiger partial charge on any atom is -0.208 e. The molecule has 1 aromatic rings. The molecule has 0 saturated heterocycles. The van der Waals surface area contributed by atoms with Gasteiger partial charge in [-0.05, 0) is 30.5 Å². The molecule has 1 aliphatic carbocycles. The van der Waals surface area contributed by atoms with E-state index in [-0.39, 0.29) is 6.04 Å². The maximum atomic E-state index is 12.1. The average molecular weight is 318 g/mol. The van der Waals surface area contributed by atoms with Crippen LogP contribution in [0.15, 0.2) is 29.2 Å². The van der Waals surface area contributed by atoms with Gasteiger partial charge in [-0.3, -0.25) is 0 Å². The van der Waals surface area contributed by atoms with E-state index in [4.69, 9.17) is 0 Å². The second-order valence-corrected chi connectivity index (χ2v) is 6.65. The Morgan fingerprint density at radius 3 is 2.29 bits per heavy atom. The normalized spacial score (nSPS) is 17.5. The van der Waals surface area contributed by atoms with E-state index >= 15 is 0 Å². The molecule has 1 saturated carbocycles. The van der Waals surface area contributed by atoms with Gasteiger partial charge in [0.2, 0.25) is 10.0 Å². The first kappa shape index (κ1) is 13.1. The highest BCUT2D eigenvalue weighted by atomic mass is 79.9. The minimum absolute atomic E-state index is 0.121. The van der Waals surface area contributed by atoms with Gasteiger partial charge in [0, 0.05) is 11.4 Å². The zero-order chi connectivity index (χ0) is 12.3. The van der Waals surface area contributed by atoms with Crippen LogP contribution < -0.4 is 4.72 Å². The van der Waals surface area contributed by atoms with E-state index in [9.17, 15) is 8.42 Å². The summed E-state index contributed by atoms with van der Waals surface area (Å²) < 4.78 is 26.9. The Hall–Kier alpha value is -0.390. The van der Waals surface area contributed by atoms with E-state index < -0.39 is 10.0 Å². The molecule has 1 aromatic carbocycles. The Morgan fingerprint density at radius 2 is 1.76 bits per heavy atom. The van der Waals surface area contributed by atoms with Gasteiger partial charge < -0.3 is 0 Å². The summed E-state index contributed by atoms with van der Waals surface area (Å²) in [6, 6.07) is 7.10. The van der Waals surface area contributed by atoms with Crippen molar-refractivity contribution in [2.75, 3.05) is 0 Å². The topological polar surface area (TPSA) is 46.2 Å². The monoisotopic (exact) mass is 317 g/mol. The minimum atomic E-state index is -3.33. The number of benzene rings is 1. The molecule has 0 unspecified atom stereocenters. The summed E-state index contributed by atoms with van der Waals surface area (Å²) in [4.78, 5) is 0.356. The standard InChI is InChI=1S/C12H16BrNO2S/c13-9-10-5-7-12(8-6-10)17(15,16)14-11-3-1-2-4-11/h5-8,11,14H,1-4,9H2. The van der Waals surface area contributed by atoms with Crippen LogP contribution >= 0.6 is 15.9 Å². The lowest BCUT2D eigenvalue weighted by Crippen LogP contribution is -2.32. The Morgan fingerprint density at radius 1 is 1.18 bits per heavy atom. The van der Waals surface area contributed by atoms with Gasteiger partial charge in [-0.1, -0.05) is 40.9 Å². The van der Waals surface area contributed by atoms with Crippen LogP contribution in [0, 0.1) is 0 Å². The molecule has 0 heterocycles. The third-order valence-corrected chi connectivity index (χ3v) is 5.25. The molecule has 0 amide bonds. The van der Waals surface area contributed by atoms with E-state index in [1.807, 2.05) is 12.1 Å².